The number of hydrogen-bond donors (Lipinski definition) is 1. The van der Waals surface area contributed by atoms with Gasteiger partial charge in [0, 0.05) is 12.7 Å². The second-order valence-electron chi connectivity index (χ2n) is 7.60. The number of hydrogen-bond acceptors (Lipinski definition) is 7. The van der Waals surface area contributed by atoms with Crippen molar-refractivity contribution >= 4 is 51.9 Å². The van der Waals surface area contributed by atoms with Crippen LogP contribution in [0.4, 0.5) is 0 Å². The number of rotatable bonds is 7. The van der Waals surface area contributed by atoms with E-state index in [1.54, 1.807) is 24.4 Å². The van der Waals surface area contributed by atoms with Gasteiger partial charge in [0.1, 0.15) is 21.3 Å². The standard InChI is InChI=1S/C24H21N3O5S2/c1-3-15-6-8-16(9-7-15)32-21-17(22(30)26-11-4-5-14(2)20(26)25-21)13-18-23(31)27(24(33)34-18)12-10-19(28)29/h4-9,11,13H,3,10,12H2,1-2H3,(H,28,29)/b18-13+. The number of aliphatic carboxylic acids is 1. The number of thioether (sulfide) groups is 1. The summed E-state index contributed by atoms with van der Waals surface area (Å²) in [5.74, 6) is -0.913. The van der Waals surface area contributed by atoms with Gasteiger partial charge in [0.15, 0.2) is 0 Å². The Labute approximate surface area is 204 Å². The number of carboxylic acid groups (broad SMARTS) is 1. The SMILES string of the molecule is CCc1ccc(Oc2nc3c(C)cccn3c(=O)c2/C=C2/SC(=S)N(CCC(=O)O)C2=O)cc1. The largest absolute Gasteiger partial charge is 0.481 e. The molecule has 0 unspecified atom stereocenters. The molecule has 0 atom stereocenters. The van der Waals surface area contributed by atoms with E-state index in [1.165, 1.54) is 15.4 Å². The zero-order valence-electron chi connectivity index (χ0n) is 18.5. The van der Waals surface area contributed by atoms with Gasteiger partial charge >= 0.3 is 5.97 Å². The summed E-state index contributed by atoms with van der Waals surface area (Å²) < 4.78 is 7.66. The number of nitrogens with zero attached hydrogens (tertiary/aromatic N) is 3. The van der Waals surface area contributed by atoms with Crippen LogP contribution in [-0.4, -0.2) is 42.1 Å². The Hall–Kier alpha value is -3.50. The van der Waals surface area contributed by atoms with E-state index < -0.39 is 17.4 Å². The predicted molar refractivity (Wildman–Crippen MR) is 134 cm³/mol. The Bertz CT molecular complexity index is 1400. The van der Waals surface area contributed by atoms with Crippen LogP contribution >= 0.6 is 24.0 Å². The predicted octanol–water partition coefficient (Wildman–Crippen LogP) is 4.03. The maximum absolute atomic E-state index is 13.4. The molecule has 174 valence electrons. The highest BCUT2D eigenvalue weighted by atomic mass is 32.2. The summed E-state index contributed by atoms with van der Waals surface area (Å²) in [6.07, 6.45) is 3.66. The fourth-order valence-corrected chi connectivity index (χ4v) is 4.72. The zero-order chi connectivity index (χ0) is 24.4. The lowest BCUT2D eigenvalue weighted by Gasteiger charge is -2.13. The van der Waals surface area contributed by atoms with Crippen LogP contribution in [0.25, 0.3) is 11.7 Å². The minimum Gasteiger partial charge on any atom is -0.481 e. The summed E-state index contributed by atoms with van der Waals surface area (Å²) in [6.45, 7) is 3.85. The zero-order valence-corrected chi connectivity index (χ0v) is 20.1. The smallest absolute Gasteiger partial charge is 0.305 e. The lowest BCUT2D eigenvalue weighted by molar-refractivity contribution is -0.137. The first-order valence-electron chi connectivity index (χ1n) is 10.5. The van der Waals surface area contributed by atoms with Gasteiger partial charge in [-0.25, -0.2) is 0 Å². The molecule has 0 radical (unpaired) electrons. The number of carbonyl (C=O) groups is 2. The van der Waals surface area contributed by atoms with Crippen LogP contribution in [0.5, 0.6) is 11.6 Å². The molecule has 0 aliphatic carbocycles. The summed E-state index contributed by atoms with van der Waals surface area (Å²) in [6, 6.07) is 11.0. The van der Waals surface area contributed by atoms with Crippen molar-refractivity contribution in [3.05, 3.63) is 74.5 Å². The summed E-state index contributed by atoms with van der Waals surface area (Å²) in [5, 5.41) is 8.94. The maximum atomic E-state index is 13.4. The van der Waals surface area contributed by atoms with Crippen molar-refractivity contribution in [2.75, 3.05) is 6.54 Å². The molecule has 1 amide bonds. The van der Waals surface area contributed by atoms with Gasteiger partial charge in [0.2, 0.25) is 5.88 Å². The summed E-state index contributed by atoms with van der Waals surface area (Å²) >= 11 is 6.27. The van der Waals surface area contributed by atoms with Crippen molar-refractivity contribution in [1.29, 1.82) is 0 Å². The van der Waals surface area contributed by atoms with Gasteiger partial charge < -0.3 is 9.84 Å². The molecule has 4 rings (SSSR count). The second kappa shape index (κ2) is 9.78. The van der Waals surface area contributed by atoms with Gasteiger partial charge in [-0.1, -0.05) is 49.1 Å². The summed E-state index contributed by atoms with van der Waals surface area (Å²) in [5.41, 5.74) is 2.07. The third kappa shape index (κ3) is 4.73. The first-order valence-corrected chi connectivity index (χ1v) is 11.8. The molecule has 0 saturated carbocycles. The molecule has 0 spiro atoms. The number of carboxylic acids is 1. The van der Waals surface area contributed by atoms with Gasteiger partial charge in [-0.15, -0.1) is 0 Å². The molecule has 0 bridgehead atoms. The molecule has 1 N–H and O–H groups in total. The molecule has 2 aromatic heterocycles. The minimum absolute atomic E-state index is 0.0430. The number of aryl methyl sites for hydroxylation is 2. The molecule has 10 heteroatoms. The quantitative estimate of drug-likeness (QED) is 0.387. The number of benzene rings is 1. The van der Waals surface area contributed by atoms with Gasteiger partial charge in [-0.05, 0) is 48.7 Å². The van der Waals surface area contributed by atoms with Crippen LogP contribution in [0.1, 0.15) is 30.0 Å². The Kier molecular flexibility index (Phi) is 6.80. The third-order valence-electron chi connectivity index (χ3n) is 5.29. The third-order valence-corrected chi connectivity index (χ3v) is 6.67. The van der Waals surface area contributed by atoms with E-state index in [2.05, 4.69) is 11.9 Å². The molecule has 1 aliphatic rings. The number of fused-ring (bicyclic) bond motifs is 1. The van der Waals surface area contributed by atoms with Gasteiger partial charge in [-0.2, -0.15) is 4.98 Å². The molecule has 3 heterocycles. The number of pyridine rings is 1. The Morgan fingerprint density at radius 2 is 1.97 bits per heavy atom. The van der Waals surface area contributed by atoms with Gasteiger partial charge in [0.05, 0.1) is 11.3 Å². The van der Waals surface area contributed by atoms with E-state index in [9.17, 15) is 14.4 Å². The molecule has 1 aliphatic heterocycles. The first-order chi connectivity index (χ1) is 16.3. The molecule has 8 nitrogen and oxygen atoms in total. The van der Waals surface area contributed by atoms with Crippen molar-refractivity contribution in [2.45, 2.75) is 26.7 Å². The fourth-order valence-electron chi connectivity index (χ4n) is 3.43. The number of amides is 1. The lowest BCUT2D eigenvalue weighted by atomic mass is 10.2. The van der Waals surface area contributed by atoms with E-state index in [0.29, 0.717) is 11.4 Å². The topological polar surface area (TPSA) is 101 Å². The van der Waals surface area contributed by atoms with Crippen molar-refractivity contribution in [2.24, 2.45) is 0 Å². The van der Waals surface area contributed by atoms with Crippen LogP contribution in [0.2, 0.25) is 0 Å². The summed E-state index contributed by atoms with van der Waals surface area (Å²) in [7, 11) is 0. The van der Waals surface area contributed by atoms with Crippen molar-refractivity contribution in [3.63, 3.8) is 0 Å². The number of aromatic nitrogens is 2. The van der Waals surface area contributed by atoms with E-state index in [-0.39, 0.29) is 33.6 Å². The van der Waals surface area contributed by atoms with Gasteiger partial charge in [0.25, 0.3) is 11.5 Å². The highest BCUT2D eigenvalue weighted by molar-refractivity contribution is 8.26. The normalized spacial score (nSPS) is 14.9. The van der Waals surface area contributed by atoms with E-state index in [1.807, 2.05) is 25.1 Å². The second-order valence-corrected chi connectivity index (χ2v) is 9.27. The summed E-state index contributed by atoms with van der Waals surface area (Å²) in [4.78, 5) is 43.2. The van der Waals surface area contributed by atoms with E-state index in [4.69, 9.17) is 22.1 Å². The molecular formula is C24H21N3O5S2. The average molecular weight is 496 g/mol. The van der Waals surface area contributed by atoms with Gasteiger partial charge in [-0.3, -0.25) is 23.7 Å². The van der Waals surface area contributed by atoms with E-state index >= 15 is 0 Å². The highest BCUT2D eigenvalue weighted by Gasteiger charge is 2.33. The Morgan fingerprint density at radius 1 is 1.24 bits per heavy atom. The lowest BCUT2D eigenvalue weighted by Crippen LogP contribution is -2.30. The average Bonchev–Trinajstić information content (AvgIpc) is 3.08. The Morgan fingerprint density at radius 3 is 2.65 bits per heavy atom. The van der Waals surface area contributed by atoms with Crippen LogP contribution in [-0.2, 0) is 16.0 Å². The highest BCUT2D eigenvalue weighted by Crippen LogP contribution is 2.34. The molecule has 1 fully saturated rings. The van der Waals surface area contributed by atoms with Crippen molar-refractivity contribution in [3.8, 4) is 11.6 Å². The molecule has 1 aromatic carbocycles. The van der Waals surface area contributed by atoms with Crippen LogP contribution in [0.3, 0.4) is 0 Å². The number of ether oxygens (including phenoxy) is 1. The van der Waals surface area contributed by atoms with Crippen molar-refractivity contribution in [1.82, 2.24) is 14.3 Å². The first kappa shape index (κ1) is 23.7. The Balaban J connectivity index is 1.80. The molecule has 3 aromatic rings. The number of thiocarbonyl (C=S) groups is 1. The minimum atomic E-state index is -1.03. The van der Waals surface area contributed by atoms with Crippen LogP contribution in [0.15, 0.2) is 52.3 Å². The molecule has 34 heavy (non-hydrogen) atoms. The molecule has 1 saturated heterocycles. The van der Waals surface area contributed by atoms with Crippen LogP contribution in [0, 0.1) is 6.92 Å². The fraction of sp³-hybridized carbons (Fsp3) is 0.208. The van der Waals surface area contributed by atoms with E-state index in [0.717, 1.165) is 29.3 Å². The van der Waals surface area contributed by atoms with Crippen molar-refractivity contribution < 1.29 is 19.4 Å². The van der Waals surface area contributed by atoms with Crippen LogP contribution < -0.4 is 10.3 Å². The maximum Gasteiger partial charge on any atom is 0.305 e. The monoisotopic (exact) mass is 495 g/mol. The number of carbonyl (C=O) groups excluding carboxylic acids is 1. The molecular weight excluding hydrogens is 474 g/mol.